The van der Waals surface area contributed by atoms with E-state index in [9.17, 15) is 9.59 Å². The molecule has 0 saturated carbocycles. The lowest BCUT2D eigenvalue weighted by atomic mass is 10.2. The van der Waals surface area contributed by atoms with E-state index in [1.807, 2.05) is 0 Å². The molecule has 0 aromatic heterocycles. The fourth-order valence-electron chi connectivity index (χ4n) is 2.06. The largest absolute Gasteiger partial charge is 0.378 e. The van der Waals surface area contributed by atoms with Crippen molar-refractivity contribution in [2.45, 2.75) is 19.1 Å². The fraction of sp³-hybridized carbons (Fsp3) is 0.600. The van der Waals surface area contributed by atoms with Crippen LogP contribution in [0.25, 0.3) is 0 Å². The first-order valence-corrected chi connectivity index (χ1v) is 4.94. The average Bonchev–Trinajstić information content (AvgIpc) is 2.73. The van der Waals surface area contributed by atoms with Crippen molar-refractivity contribution in [3.05, 3.63) is 11.6 Å². The van der Waals surface area contributed by atoms with E-state index < -0.39 is 0 Å². The second-order valence-electron chi connectivity index (χ2n) is 3.84. The van der Waals surface area contributed by atoms with Gasteiger partial charge in [-0.3, -0.25) is 14.5 Å². The monoisotopic (exact) mass is 210 g/mol. The molecule has 2 rings (SSSR count). The highest BCUT2D eigenvalue weighted by atomic mass is 16.5. The highest BCUT2D eigenvalue weighted by molar-refractivity contribution is 6.16. The summed E-state index contributed by atoms with van der Waals surface area (Å²) in [5.74, 6) is -0.427. The number of rotatable bonds is 2. The summed E-state index contributed by atoms with van der Waals surface area (Å²) in [7, 11) is 1.59. The van der Waals surface area contributed by atoms with Gasteiger partial charge in [-0.25, -0.2) is 0 Å². The van der Waals surface area contributed by atoms with Gasteiger partial charge in [0.1, 0.15) is 0 Å². The lowest BCUT2D eigenvalue weighted by Gasteiger charge is -2.26. The molecule has 2 aliphatic rings. The van der Waals surface area contributed by atoms with Crippen LogP contribution >= 0.6 is 0 Å². The summed E-state index contributed by atoms with van der Waals surface area (Å²) in [4.78, 5) is 24.6. The Morgan fingerprint density at radius 2 is 2.20 bits per heavy atom. The molecule has 2 atom stereocenters. The molecule has 5 heteroatoms. The predicted molar refractivity (Wildman–Crippen MR) is 53.1 cm³/mol. The third-order valence-electron chi connectivity index (χ3n) is 2.90. The van der Waals surface area contributed by atoms with E-state index >= 15 is 0 Å². The van der Waals surface area contributed by atoms with E-state index in [0.29, 0.717) is 18.7 Å². The van der Waals surface area contributed by atoms with Gasteiger partial charge in [0, 0.05) is 31.8 Å². The van der Waals surface area contributed by atoms with Crippen molar-refractivity contribution in [3.8, 4) is 0 Å². The second-order valence-corrected chi connectivity index (χ2v) is 3.84. The van der Waals surface area contributed by atoms with Crippen LogP contribution in [-0.4, -0.2) is 49.1 Å². The Labute approximate surface area is 88.1 Å². The maximum atomic E-state index is 11.7. The van der Waals surface area contributed by atoms with Crippen molar-refractivity contribution < 1.29 is 14.3 Å². The van der Waals surface area contributed by atoms with Crippen LogP contribution in [0.1, 0.15) is 6.92 Å². The van der Waals surface area contributed by atoms with Gasteiger partial charge in [-0.2, -0.15) is 0 Å². The van der Waals surface area contributed by atoms with Crippen LogP contribution < -0.4 is 5.32 Å². The quantitative estimate of drug-likeness (QED) is 0.612. The molecule has 1 N–H and O–H groups in total. The molecule has 15 heavy (non-hydrogen) atoms. The molecule has 0 radical (unpaired) electrons. The topological polar surface area (TPSA) is 58.6 Å². The van der Waals surface area contributed by atoms with Crippen LogP contribution in [0.3, 0.4) is 0 Å². The van der Waals surface area contributed by atoms with Crippen molar-refractivity contribution in [1.82, 2.24) is 10.2 Å². The van der Waals surface area contributed by atoms with E-state index in [2.05, 4.69) is 5.32 Å². The van der Waals surface area contributed by atoms with Crippen LogP contribution in [0, 0.1) is 0 Å². The molecule has 2 amide bonds. The van der Waals surface area contributed by atoms with Crippen LogP contribution in [0.4, 0.5) is 0 Å². The zero-order chi connectivity index (χ0) is 11.0. The van der Waals surface area contributed by atoms with Gasteiger partial charge in [-0.05, 0) is 6.92 Å². The first kappa shape index (κ1) is 10.3. The lowest BCUT2D eigenvalue weighted by molar-refractivity contribution is -0.141. The van der Waals surface area contributed by atoms with E-state index in [-0.39, 0.29) is 24.0 Å². The van der Waals surface area contributed by atoms with Crippen molar-refractivity contribution in [2.24, 2.45) is 0 Å². The molecule has 0 aromatic rings. The Morgan fingerprint density at radius 1 is 1.47 bits per heavy atom. The van der Waals surface area contributed by atoms with E-state index in [1.54, 1.807) is 14.0 Å². The minimum absolute atomic E-state index is 0.0998. The normalized spacial score (nSPS) is 31.3. The van der Waals surface area contributed by atoms with Gasteiger partial charge in [0.2, 0.25) is 0 Å². The number of carbonyl (C=O) groups is 2. The number of nitrogens with one attached hydrogen (secondary N) is 1. The first-order valence-electron chi connectivity index (χ1n) is 4.94. The highest BCUT2D eigenvalue weighted by Crippen LogP contribution is 2.20. The standard InChI is InChI=1S/C10H14N2O3/c1-6-3-9(13)12(10(6)14)7-4-11-5-8(7)15-2/h3,7-8,11H,4-5H2,1-2H3/t7?,8-/m0/s1. The number of methoxy groups -OCH3 is 1. The van der Waals surface area contributed by atoms with Gasteiger partial charge in [0.05, 0.1) is 12.1 Å². The van der Waals surface area contributed by atoms with Crippen LogP contribution in [0.15, 0.2) is 11.6 Å². The highest BCUT2D eigenvalue weighted by Gasteiger charge is 2.41. The molecule has 5 nitrogen and oxygen atoms in total. The average molecular weight is 210 g/mol. The van der Waals surface area contributed by atoms with Gasteiger partial charge in [0.25, 0.3) is 11.8 Å². The molecule has 2 aliphatic heterocycles. The van der Waals surface area contributed by atoms with Crippen molar-refractivity contribution >= 4 is 11.8 Å². The van der Waals surface area contributed by atoms with E-state index in [4.69, 9.17) is 4.74 Å². The third kappa shape index (κ3) is 1.57. The summed E-state index contributed by atoms with van der Waals surface area (Å²) in [6.07, 6.45) is 1.28. The summed E-state index contributed by atoms with van der Waals surface area (Å²) in [5.41, 5.74) is 0.502. The minimum Gasteiger partial charge on any atom is -0.378 e. The first-order chi connectivity index (χ1) is 7.15. The predicted octanol–water partition coefficient (Wildman–Crippen LogP) is -0.712. The number of hydrogen-bond donors (Lipinski definition) is 1. The molecule has 0 aliphatic carbocycles. The molecule has 2 heterocycles. The van der Waals surface area contributed by atoms with Crippen LogP contribution in [-0.2, 0) is 14.3 Å². The molecule has 0 bridgehead atoms. The van der Waals surface area contributed by atoms with Crippen molar-refractivity contribution in [2.75, 3.05) is 20.2 Å². The number of hydrogen-bond acceptors (Lipinski definition) is 4. The summed E-state index contributed by atoms with van der Waals surface area (Å²) in [5, 5.41) is 3.11. The molecule has 1 unspecified atom stereocenters. The smallest absolute Gasteiger partial charge is 0.256 e. The molecular formula is C10H14N2O3. The summed E-state index contributed by atoms with van der Waals surface area (Å²) < 4.78 is 5.24. The number of imide groups is 1. The molecule has 1 saturated heterocycles. The minimum atomic E-state index is -0.228. The third-order valence-corrected chi connectivity index (χ3v) is 2.90. The zero-order valence-corrected chi connectivity index (χ0v) is 8.82. The maximum absolute atomic E-state index is 11.7. The Kier molecular flexibility index (Phi) is 2.58. The fourth-order valence-corrected chi connectivity index (χ4v) is 2.06. The Bertz CT molecular complexity index is 338. The van der Waals surface area contributed by atoms with Gasteiger partial charge >= 0.3 is 0 Å². The summed E-state index contributed by atoms with van der Waals surface area (Å²) >= 11 is 0. The summed E-state index contributed by atoms with van der Waals surface area (Å²) in [6, 6.07) is -0.177. The molecule has 1 fully saturated rings. The SMILES string of the molecule is CO[C@H]1CNCC1N1C(=O)C=C(C)C1=O. The number of amides is 2. The van der Waals surface area contributed by atoms with Gasteiger partial charge < -0.3 is 10.1 Å². The van der Waals surface area contributed by atoms with Crippen LogP contribution in [0.2, 0.25) is 0 Å². The van der Waals surface area contributed by atoms with Crippen LogP contribution in [0.5, 0.6) is 0 Å². The van der Waals surface area contributed by atoms with Gasteiger partial charge in [-0.15, -0.1) is 0 Å². The maximum Gasteiger partial charge on any atom is 0.256 e. The Balaban J connectivity index is 2.18. The Morgan fingerprint density at radius 3 is 2.73 bits per heavy atom. The number of nitrogens with zero attached hydrogens (tertiary/aromatic N) is 1. The van der Waals surface area contributed by atoms with Gasteiger partial charge in [0.15, 0.2) is 0 Å². The molecule has 0 aromatic carbocycles. The van der Waals surface area contributed by atoms with Crippen molar-refractivity contribution in [3.63, 3.8) is 0 Å². The Hall–Kier alpha value is -1.20. The van der Waals surface area contributed by atoms with E-state index in [0.717, 1.165) is 0 Å². The molecule has 0 spiro atoms. The second kappa shape index (κ2) is 3.75. The number of ether oxygens (including phenoxy) is 1. The summed E-state index contributed by atoms with van der Waals surface area (Å²) in [6.45, 7) is 2.94. The lowest BCUT2D eigenvalue weighted by Crippen LogP contribution is -2.47. The molecule has 82 valence electrons. The molecular weight excluding hydrogens is 196 g/mol. The number of carbonyl (C=O) groups excluding carboxylic acids is 2. The van der Waals surface area contributed by atoms with Gasteiger partial charge in [-0.1, -0.05) is 0 Å². The van der Waals surface area contributed by atoms with E-state index in [1.165, 1.54) is 11.0 Å². The zero-order valence-electron chi connectivity index (χ0n) is 8.82. The van der Waals surface area contributed by atoms with Crippen molar-refractivity contribution in [1.29, 1.82) is 0 Å².